The number of amides is 1. The van der Waals surface area contributed by atoms with Crippen molar-refractivity contribution >= 4 is 5.91 Å². The van der Waals surface area contributed by atoms with Crippen LogP contribution in [0.4, 0.5) is 0 Å². The Hall–Kier alpha value is -2.26. The molecule has 2 aromatic rings. The molecule has 9 nitrogen and oxygen atoms in total. The van der Waals surface area contributed by atoms with E-state index in [1.165, 1.54) is 0 Å². The van der Waals surface area contributed by atoms with Gasteiger partial charge in [0.2, 0.25) is 5.82 Å². The molecule has 0 bridgehead atoms. The summed E-state index contributed by atoms with van der Waals surface area (Å²) < 4.78 is 13.1. The number of aryl methyl sites for hydroxylation is 3. The minimum Gasteiger partial charge on any atom is -0.370 e. The number of aromatic nitrogens is 4. The quantitative estimate of drug-likeness (QED) is 0.789. The zero-order valence-electron chi connectivity index (χ0n) is 16.1. The van der Waals surface area contributed by atoms with Gasteiger partial charge in [-0.05, 0) is 33.2 Å². The van der Waals surface area contributed by atoms with Crippen LogP contribution in [0.15, 0.2) is 10.9 Å². The number of piperidine rings is 1. The van der Waals surface area contributed by atoms with Crippen LogP contribution in [-0.4, -0.2) is 74.0 Å². The van der Waals surface area contributed by atoms with Crippen molar-refractivity contribution in [1.82, 2.24) is 29.7 Å². The molecule has 1 amide bonds. The summed E-state index contributed by atoms with van der Waals surface area (Å²) in [4.78, 5) is 21.1. The number of ether oxygens (including phenoxy) is 1. The number of morpholine rings is 1. The monoisotopic (exact) mass is 374 g/mol. The Morgan fingerprint density at radius 3 is 2.85 bits per heavy atom. The summed E-state index contributed by atoms with van der Waals surface area (Å²) in [7, 11) is 1.76. The molecule has 2 saturated heterocycles. The summed E-state index contributed by atoms with van der Waals surface area (Å²) in [6.45, 7) is 8.20. The van der Waals surface area contributed by atoms with Crippen molar-refractivity contribution < 1.29 is 14.1 Å². The van der Waals surface area contributed by atoms with Crippen molar-refractivity contribution in [2.45, 2.75) is 38.8 Å². The molecule has 2 fully saturated rings. The second-order valence-corrected chi connectivity index (χ2v) is 7.62. The molecule has 1 unspecified atom stereocenters. The number of hydrogen-bond acceptors (Lipinski definition) is 7. The minimum absolute atomic E-state index is 0.124. The first-order valence-corrected chi connectivity index (χ1v) is 9.39. The van der Waals surface area contributed by atoms with Crippen LogP contribution in [0.25, 0.3) is 0 Å². The highest BCUT2D eigenvalue weighted by Crippen LogP contribution is 2.31. The van der Waals surface area contributed by atoms with E-state index in [0.29, 0.717) is 19.7 Å². The van der Waals surface area contributed by atoms with Gasteiger partial charge in [-0.3, -0.25) is 14.4 Å². The van der Waals surface area contributed by atoms with E-state index in [1.807, 2.05) is 18.7 Å². The molecule has 0 aromatic carbocycles. The molecule has 2 aromatic heterocycles. The Morgan fingerprint density at radius 1 is 1.30 bits per heavy atom. The molecule has 0 N–H and O–H groups in total. The van der Waals surface area contributed by atoms with Gasteiger partial charge in [0.05, 0.1) is 24.4 Å². The Balaban J connectivity index is 1.46. The maximum atomic E-state index is 12.8. The topological polar surface area (TPSA) is 89.5 Å². The Kier molecular flexibility index (Phi) is 4.73. The third-order valence-corrected chi connectivity index (χ3v) is 5.51. The maximum Gasteiger partial charge on any atom is 0.293 e. The Labute approximate surface area is 158 Å². The van der Waals surface area contributed by atoms with Gasteiger partial charge in [0.15, 0.2) is 0 Å². The van der Waals surface area contributed by atoms with E-state index >= 15 is 0 Å². The van der Waals surface area contributed by atoms with Crippen LogP contribution in [0.5, 0.6) is 0 Å². The van der Waals surface area contributed by atoms with Crippen LogP contribution >= 0.6 is 0 Å². The summed E-state index contributed by atoms with van der Waals surface area (Å²) in [6.07, 6.45) is 3.53. The first kappa shape index (κ1) is 18.1. The predicted octanol–water partition coefficient (Wildman–Crippen LogP) is 0.927. The van der Waals surface area contributed by atoms with Crippen molar-refractivity contribution in [1.29, 1.82) is 0 Å². The number of rotatable bonds is 3. The molecule has 4 heterocycles. The van der Waals surface area contributed by atoms with Gasteiger partial charge in [0.25, 0.3) is 5.91 Å². The molecule has 27 heavy (non-hydrogen) atoms. The van der Waals surface area contributed by atoms with Crippen LogP contribution in [0.1, 0.15) is 40.5 Å². The number of likely N-dealkylation sites (tertiary alicyclic amines) is 1. The lowest BCUT2D eigenvalue weighted by Gasteiger charge is -2.47. The number of hydrogen-bond donors (Lipinski definition) is 0. The fourth-order valence-electron chi connectivity index (χ4n) is 4.12. The molecule has 0 radical (unpaired) electrons. The van der Waals surface area contributed by atoms with E-state index in [-0.39, 0.29) is 17.3 Å². The van der Waals surface area contributed by atoms with Crippen molar-refractivity contribution in [3.63, 3.8) is 0 Å². The number of nitrogens with zero attached hydrogens (tertiary/aromatic N) is 6. The standard InChI is InChI=1S/C18H26N6O3/c1-13-15(14(2)27-21-13)9-23-6-4-5-18(10-23)11-24(7-8-26-18)17(25)16-19-12-22(3)20-16/h12H,4-11H2,1-3H3. The van der Waals surface area contributed by atoms with Crippen molar-refractivity contribution in [2.24, 2.45) is 7.05 Å². The van der Waals surface area contributed by atoms with Gasteiger partial charge < -0.3 is 14.2 Å². The average molecular weight is 374 g/mol. The molecular formula is C18H26N6O3. The highest BCUT2D eigenvalue weighted by atomic mass is 16.5. The molecular weight excluding hydrogens is 348 g/mol. The summed E-state index contributed by atoms with van der Waals surface area (Å²) in [6, 6.07) is 0. The SMILES string of the molecule is Cc1noc(C)c1CN1CCCC2(C1)CN(C(=O)c1ncn(C)n1)CCO2. The van der Waals surface area contributed by atoms with Gasteiger partial charge in [0, 0.05) is 32.2 Å². The molecule has 2 aliphatic rings. The molecule has 146 valence electrons. The van der Waals surface area contributed by atoms with Crippen LogP contribution in [-0.2, 0) is 18.3 Å². The molecule has 4 rings (SSSR count). The van der Waals surface area contributed by atoms with E-state index in [2.05, 4.69) is 20.1 Å². The highest BCUT2D eigenvalue weighted by Gasteiger charge is 2.42. The number of carbonyl (C=O) groups excluding carboxylic acids is 1. The maximum absolute atomic E-state index is 12.8. The van der Waals surface area contributed by atoms with Crippen molar-refractivity contribution in [3.05, 3.63) is 29.2 Å². The van der Waals surface area contributed by atoms with Crippen LogP contribution < -0.4 is 0 Å². The number of carbonyl (C=O) groups is 1. The third kappa shape index (κ3) is 3.61. The van der Waals surface area contributed by atoms with E-state index < -0.39 is 0 Å². The van der Waals surface area contributed by atoms with Gasteiger partial charge in [-0.25, -0.2) is 4.98 Å². The van der Waals surface area contributed by atoms with E-state index in [0.717, 1.165) is 49.5 Å². The summed E-state index contributed by atoms with van der Waals surface area (Å²) in [5, 5.41) is 8.20. The fourth-order valence-corrected chi connectivity index (χ4v) is 4.12. The lowest BCUT2D eigenvalue weighted by Crippen LogP contribution is -2.60. The second-order valence-electron chi connectivity index (χ2n) is 7.62. The first-order valence-electron chi connectivity index (χ1n) is 9.39. The lowest BCUT2D eigenvalue weighted by molar-refractivity contribution is -0.133. The Bertz CT molecular complexity index is 807. The average Bonchev–Trinajstić information content (AvgIpc) is 3.22. The highest BCUT2D eigenvalue weighted by molar-refractivity contribution is 5.90. The van der Waals surface area contributed by atoms with E-state index in [1.54, 1.807) is 18.1 Å². The zero-order chi connectivity index (χ0) is 19.0. The van der Waals surface area contributed by atoms with Crippen LogP contribution in [0, 0.1) is 13.8 Å². The van der Waals surface area contributed by atoms with Crippen LogP contribution in [0.2, 0.25) is 0 Å². The molecule has 2 aliphatic heterocycles. The summed E-state index contributed by atoms with van der Waals surface area (Å²) in [5.41, 5.74) is 1.75. The molecule has 0 saturated carbocycles. The Morgan fingerprint density at radius 2 is 2.15 bits per heavy atom. The molecule has 9 heteroatoms. The largest absolute Gasteiger partial charge is 0.370 e. The minimum atomic E-state index is -0.333. The van der Waals surface area contributed by atoms with Gasteiger partial charge in [-0.15, -0.1) is 5.10 Å². The smallest absolute Gasteiger partial charge is 0.293 e. The van der Waals surface area contributed by atoms with Crippen LogP contribution in [0.3, 0.4) is 0 Å². The lowest BCUT2D eigenvalue weighted by atomic mass is 9.90. The zero-order valence-corrected chi connectivity index (χ0v) is 16.1. The van der Waals surface area contributed by atoms with Gasteiger partial charge in [-0.1, -0.05) is 5.16 Å². The van der Waals surface area contributed by atoms with Gasteiger partial charge in [0.1, 0.15) is 12.1 Å². The second kappa shape index (κ2) is 7.05. The van der Waals surface area contributed by atoms with Gasteiger partial charge >= 0.3 is 0 Å². The summed E-state index contributed by atoms with van der Waals surface area (Å²) >= 11 is 0. The van der Waals surface area contributed by atoms with E-state index in [4.69, 9.17) is 9.26 Å². The predicted molar refractivity (Wildman–Crippen MR) is 96.1 cm³/mol. The fraction of sp³-hybridized carbons (Fsp3) is 0.667. The van der Waals surface area contributed by atoms with Crippen molar-refractivity contribution in [3.8, 4) is 0 Å². The van der Waals surface area contributed by atoms with E-state index in [9.17, 15) is 4.79 Å². The normalized spacial score (nSPS) is 23.9. The molecule has 1 spiro atoms. The van der Waals surface area contributed by atoms with Gasteiger partial charge in [-0.2, -0.15) is 0 Å². The first-order chi connectivity index (χ1) is 13.0. The molecule has 1 atom stereocenters. The van der Waals surface area contributed by atoms with Crippen molar-refractivity contribution in [2.75, 3.05) is 32.8 Å². The third-order valence-electron chi connectivity index (χ3n) is 5.51. The molecule has 0 aliphatic carbocycles. The summed E-state index contributed by atoms with van der Waals surface area (Å²) in [5.74, 6) is 0.994.